The summed E-state index contributed by atoms with van der Waals surface area (Å²) in [6.07, 6.45) is 22.9. The molecule has 2 aromatic rings. The molecule has 246 valence electrons. The lowest BCUT2D eigenvalue weighted by Gasteiger charge is -2.19. The smallest absolute Gasteiger partial charge is 0.330 e. The van der Waals surface area contributed by atoms with E-state index in [9.17, 15) is 4.89 Å². The minimum atomic E-state index is -2.02. The Morgan fingerprint density at radius 2 is 1.58 bits per heavy atom. The van der Waals surface area contributed by atoms with Crippen LogP contribution in [0.4, 0.5) is 5.82 Å². The average molecular weight is 625 g/mol. The molecule has 1 saturated heterocycles. The van der Waals surface area contributed by atoms with Crippen LogP contribution in [0.2, 0.25) is 0 Å². The predicted molar refractivity (Wildman–Crippen MR) is 172 cm³/mol. The molecular weight excluding hydrogens is 567 g/mol. The summed E-state index contributed by atoms with van der Waals surface area (Å²) in [7, 11) is -0.398. The normalized spacial score (nSPS) is 18.5. The summed E-state index contributed by atoms with van der Waals surface area (Å²) in [5, 5.41) is 4.30. The Kier molecular flexibility index (Phi) is 18.6. The zero-order valence-electron chi connectivity index (χ0n) is 26.7. The summed E-state index contributed by atoms with van der Waals surface area (Å²) in [6, 6.07) is 3.86. The summed E-state index contributed by atoms with van der Waals surface area (Å²) in [5.41, 5.74) is 7.63. The van der Waals surface area contributed by atoms with Gasteiger partial charge < -0.3 is 33.9 Å². The first-order valence-corrected chi connectivity index (χ1v) is 17.8. The molecule has 0 bridgehead atoms. The van der Waals surface area contributed by atoms with E-state index in [1.807, 2.05) is 12.1 Å². The number of unbranched alkanes of at least 4 members (excludes halogenated alkanes) is 14. The highest BCUT2D eigenvalue weighted by Gasteiger charge is 2.30. The van der Waals surface area contributed by atoms with Crippen LogP contribution in [0.3, 0.4) is 0 Å². The van der Waals surface area contributed by atoms with Crippen LogP contribution < -0.4 is 5.73 Å². The van der Waals surface area contributed by atoms with Crippen molar-refractivity contribution in [3.63, 3.8) is 0 Å². The van der Waals surface area contributed by atoms with Crippen LogP contribution in [0.5, 0.6) is 0 Å². The molecule has 0 aliphatic carbocycles. The van der Waals surface area contributed by atoms with Gasteiger partial charge in [0, 0.05) is 13.7 Å². The van der Waals surface area contributed by atoms with Crippen molar-refractivity contribution in [2.75, 3.05) is 39.3 Å². The fourth-order valence-electron chi connectivity index (χ4n) is 5.57. The van der Waals surface area contributed by atoms with Gasteiger partial charge in [0.05, 0.1) is 31.6 Å². The second kappa shape index (κ2) is 22.2. The molecule has 3 heterocycles. The predicted octanol–water partition coefficient (Wildman–Crippen LogP) is 7.69. The number of aromatic nitrogens is 3. The number of hydrogen-bond donors (Lipinski definition) is 2. The van der Waals surface area contributed by atoms with Gasteiger partial charge in [-0.1, -0.05) is 96.8 Å². The number of nitrogens with two attached hydrogens (primary N) is 1. The van der Waals surface area contributed by atoms with Crippen molar-refractivity contribution >= 4 is 19.9 Å². The number of nitrogen functional groups attached to an aromatic ring is 1. The Labute approximate surface area is 260 Å². The molecule has 1 aliphatic heterocycles. The second-order valence-corrected chi connectivity index (χ2v) is 12.7. The first-order chi connectivity index (χ1) is 21.1. The van der Waals surface area contributed by atoms with Gasteiger partial charge in [-0.05, 0) is 31.4 Å². The van der Waals surface area contributed by atoms with Crippen molar-refractivity contribution < 1.29 is 28.2 Å². The molecule has 0 aromatic carbocycles. The lowest BCUT2D eigenvalue weighted by atomic mass is 10.0. The number of ether oxygens (including phenoxy) is 3. The maximum atomic E-state index is 10.2. The highest BCUT2D eigenvalue weighted by molar-refractivity contribution is 7.40. The van der Waals surface area contributed by atoms with E-state index in [1.54, 1.807) is 11.6 Å². The van der Waals surface area contributed by atoms with E-state index in [0.717, 1.165) is 37.1 Å². The largest absolute Gasteiger partial charge is 0.382 e. The summed E-state index contributed by atoms with van der Waals surface area (Å²) in [6.45, 7) is 3.90. The summed E-state index contributed by atoms with van der Waals surface area (Å²) >= 11 is 0. The Hall–Kier alpha value is -1.39. The average Bonchev–Trinajstić information content (AvgIpc) is 3.67. The van der Waals surface area contributed by atoms with Gasteiger partial charge in [-0.3, -0.25) is 0 Å². The molecule has 11 heteroatoms. The summed E-state index contributed by atoms with van der Waals surface area (Å²) in [4.78, 5) is 14.3. The molecule has 3 rings (SSSR count). The van der Waals surface area contributed by atoms with Gasteiger partial charge in [-0.2, -0.15) is 5.10 Å². The lowest BCUT2D eigenvalue weighted by molar-refractivity contribution is -0.0221. The molecule has 0 spiro atoms. The molecule has 43 heavy (non-hydrogen) atoms. The molecule has 3 N–H and O–H groups in total. The summed E-state index contributed by atoms with van der Waals surface area (Å²) in [5.74, 6) is 0.437. The number of methoxy groups -OCH3 is 1. The van der Waals surface area contributed by atoms with Gasteiger partial charge in [-0.25, -0.2) is 9.50 Å². The number of rotatable bonds is 26. The van der Waals surface area contributed by atoms with Crippen LogP contribution in [-0.2, 0) is 23.3 Å². The molecule has 1 aliphatic rings. The monoisotopic (exact) mass is 624 g/mol. The standard InChI is InChI=1S/C32H57N4O6P/c1-3-4-5-6-7-8-9-10-11-12-13-14-15-16-17-22-39-23-28(38-2)25-41-43(37)40-24-27-18-21-31(42-27)29-19-20-30-32(33)34-26-35-36(29)30/h19-20,26-28,31,37H,3-18,21-25H2,1-2H3,(H2,33,34,35). The van der Waals surface area contributed by atoms with Crippen LogP contribution in [0.15, 0.2) is 18.5 Å². The van der Waals surface area contributed by atoms with Crippen LogP contribution in [-0.4, -0.2) is 65.2 Å². The maximum absolute atomic E-state index is 10.2. The zero-order chi connectivity index (χ0) is 30.5. The fraction of sp³-hybridized carbons (Fsp3) is 0.812. The number of nitrogens with zero attached hydrogens (tertiary/aromatic N) is 3. The van der Waals surface area contributed by atoms with Crippen molar-refractivity contribution in [2.45, 2.75) is 134 Å². The van der Waals surface area contributed by atoms with Crippen molar-refractivity contribution in [2.24, 2.45) is 0 Å². The third-order valence-electron chi connectivity index (χ3n) is 8.22. The quantitative estimate of drug-likeness (QED) is 0.0801. The fourth-order valence-corrected chi connectivity index (χ4v) is 6.23. The minimum Gasteiger partial charge on any atom is -0.382 e. The molecule has 0 amide bonds. The van der Waals surface area contributed by atoms with Gasteiger partial charge in [0.1, 0.15) is 24.1 Å². The van der Waals surface area contributed by atoms with Crippen LogP contribution in [0.25, 0.3) is 5.52 Å². The maximum Gasteiger partial charge on any atom is 0.330 e. The van der Waals surface area contributed by atoms with Crippen molar-refractivity contribution in [3.8, 4) is 0 Å². The Morgan fingerprint density at radius 1 is 0.930 bits per heavy atom. The minimum absolute atomic E-state index is 0.115. The molecule has 1 fully saturated rings. The Balaban J connectivity index is 1.12. The van der Waals surface area contributed by atoms with Gasteiger partial charge in [0.2, 0.25) is 0 Å². The van der Waals surface area contributed by atoms with Crippen molar-refractivity contribution in [1.82, 2.24) is 14.6 Å². The molecule has 4 atom stereocenters. The first kappa shape index (κ1) is 36.1. The van der Waals surface area contributed by atoms with E-state index in [2.05, 4.69) is 17.0 Å². The van der Waals surface area contributed by atoms with Crippen LogP contribution in [0, 0.1) is 0 Å². The van der Waals surface area contributed by atoms with E-state index < -0.39 is 8.60 Å². The number of hydrogen-bond acceptors (Lipinski definition) is 9. The third kappa shape index (κ3) is 14.1. The van der Waals surface area contributed by atoms with E-state index >= 15 is 0 Å². The van der Waals surface area contributed by atoms with Crippen LogP contribution in [0.1, 0.15) is 128 Å². The molecule has 10 nitrogen and oxygen atoms in total. The van der Waals surface area contributed by atoms with Crippen molar-refractivity contribution in [3.05, 3.63) is 24.2 Å². The highest BCUT2D eigenvalue weighted by Crippen LogP contribution is 2.38. The molecule has 0 radical (unpaired) electrons. The van der Waals surface area contributed by atoms with Gasteiger partial charge >= 0.3 is 8.60 Å². The van der Waals surface area contributed by atoms with Gasteiger partial charge in [0.15, 0.2) is 5.82 Å². The summed E-state index contributed by atoms with van der Waals surface area (Å²) < 4.78 is 30.2. The molecule has 4 unspecified atom stereocenters. The van der Waals surface area contributed by atoms with Gasteiger partial charge in [-0.15, -0.1) is 0 Å². The second-order valence-electron chi connectivity index (χ2n) is 11.7. The molecular formula is C32H57N4O6P. The van der Waals surface area contributed by atoms with Crippen LogP contribution >= 0.6 is 8.60 Å². The number of fused-ring (bicyclic) bond motifs is 1. The molecule has 2 aromatic heterocycles. The zero-order valence-corrected chi connectivity index (χ0v) is 27.6. The van der Waals surface area contributed by atoms with E-state index in [-0.39, 0.29) is 31.5 Å². The SMILES string of the molecule is CCCCCCCCCCCCCCCCCOCC(COP(O)OCC1CCC(c2ccc3c(N)ncnn23)O1)OC. The number of anilines is 1. The van der Waals surface area contributed by atoms with Crippen molar-refractivity contribution in [1.29, 1.82) is 0 Å². The lowest BCUT2D eigenvalue weighted by Crippen LogP contribution is -2.24. The van der Waals surface area contributed by atoms with E-state index in [4.69, 9.17) is 29.0 Å². The topological polar surface area (TPSA) is 123 Å². The third-order valence-corrected chi connectivity index (χ3v) is 8.96. The highest BCUT2D eigenvalue weighted by atomic mass is 31.2. The van der Waals surface area contributed by atoms with E-state index in [0.29, 0.717) is 12.4 Å². The Morgan fingerprint density at radius 3 is 2.23 bits per heavy atom. The van der Waals surface area contributed by atoms with E-state index in [1.165, 1.54) is 96.2 Å². The van der Waals surface area contributed by atoms with Gasteiger partial charge in [0.25, 0.3) is 0 Å². The first-order valence-electron chi connectivity index (χ1n) is 16.7. The Bertz CT molecular complexity index is 982. The molecule has 0 saturated carbocycles.